The van der Waals surface area contributed by atoms with Crippen molar-refractivity contribution in [3.05, 3.63) is 35.4 Å². The fraction of sp³-hybridized carbons (Fsp3) is 0.462. The summed E-state index contributed by atoms with van der Waals surface area (Å²) in [6.45, 7) is 0. The van der Waals surface area contributed by atoms with Crippen LogP contribution in [0, 0.1) is 11.3 Å². The summed E-state index contributed by atoms with van der Waals surface area (Å²) in [6.07, 6.45) is 0.903. The monoisotopic (exact) mass is 296 g/mol. The standard InChI is InChI=1S/C13H16N2O2S2/c1-15(13-6-7-18-9-13)19(16,17)10-12-5-3-2-4-11(12)8-14/h2-5,13H,6-7,9-10H2,1H3. The third kappa shape index (κ3) is 3.30. The molecule has 1 aliphatic rings. The fourth-order valence-electron chi connectivity index (χ4n) is 2.09. The van der Waals surface area contributed by atoms with Crippen LogP contribution in [0.15, 0.2) is 24.3 Å². The summed E-state index contributed by atoms with van der Waals surface area (Å²) >= 11 is 1.78. The van der Waals surface area contributed by atoms with E-state index in [2.05, 4.69) is 0 Å². The van der Waals surface area contributed by atoms with Gasteiger partial charge in [-0.15, -0.1) is 0 Å². The molecule has 0 bridgehead atoms. The molecule has 2 rings (SSSR count). The molecule has 0 radical (unpaired) electrons. The van der Waals surface area contributed by atoms with Gasteiger partial charge in [-0.25, -0.2) is 12.7 Å². The molecule has 1 aliphatic heterocycles. The molecule has 102 valence electrons. The van der Waals surface area contributed by atoms with Crippen LogP contribution in [-0.4, -0.2) is 37.3 Å². The molecule has 0 spiro atoms. The molecule has 0 aromatic heterocycles. The molecule has 0 saturated carbocycles. The second-order valence-corrected chi connectivity index (χ2v) is 7.74. The topological polar surface area (TPSA) is 61.2 Å². The molecule has 1 heterocycles. The predicted octanol–water partition coefficient (Wildman–Crippen LogP) is 1.83. The molecule has 1 atom stereocenters. The van der Waals surface area contributed by atoms with Crippen molar-refractivity contribution < 1.29 is 8.42 Å². The molecule has 1 unspecified atom stereocenters. The van der Waals surface area contributed by atoms with Gasteiger partial charge in [0.1, 0.15) is 0 Å². The molecule has 1 aromatic rings. The zero-order valence-corrected chi connectivity index (χ0v) is 12.4. The predicted molar refractivity (Wildman–Crippen MR) is 77.3 cm³/mol. The number of hydrogen-bond acceptors (Lipinski definition) is 4. The summed E-state index contributed by atoms with van der Waals surface area (Å²) in [5.74, 6) is 1.77. The highest BCUT2D eigenvalue weighted by atomic mass is 32.2. The zero-order chi connectivity index (χ0) is 13.9. The van der Waals surface area contributed by atoms with Crippen LogP contribution in [0.4, 0.5) is 0 Å². The molecule has 1 aromatic carbocycles. The Hall–Kier alpha value is -1.03. The van der Waals surface area contributed by atoms with E-state index in [0.717, 1.165) is 17.9 Å². The van der Waals surface area contributed by atoms with Crippen molar-refractivity contribution in [2.75, 3.05) is 18.6 Å². The molecule has 1 fully saturated rings. The van der Waals surface area contributed by atoms with E-state index in [-0.39, 0.29) is 11.8 Å². The van der Waals surface area contributed by atoms with Crippen LogP contribution in [0.3, 0.4) is 0 Å². The van der Waals surface area contributed by atoms with Crippen LogP contribution >= 0.6 is 11.8 Å². The van der Waals surface area contributed by atoms with Gasteiger partial charge in [-0.3, -0.25) is 0 Å². The van der Waals surface area contributed by atoms with Gasteiger partial charge >= 0.3 is 0 Å². The maximum absolute atomic E-state index is 12.4. The van der Waals surface area contributed by atoms with E-state index < -0.39 is 10.0 Å². The van der Waals surface area contributed by atoms with Crippen molar-refractivity contribution in [2.45, 2.75) is 18.2 Å². The van der Waals surface area contributed by atoms with E-state index >= 15 is 0 Å². The Bertz CT molecular complexity index is 587. The van der Waals surface area contributed by atoms with Gasteiger partial charge < -0.3 is 0 Å². The highest BCUT2D eigenvalue weighted by molar-refractivity contribution is 7.99. The van der Waals surface area contributed by atoms with Crippen molar-refractivity contribution >= 4 is 21.8 Å². The van der Waals surface area contributed by atoms with Gasteiger partial charge in [0.15, 0.2) is 0 Å². The lowest BCUT2D eigenvalue weighted by Gasteiger charge is -2.23. The number of thioether (sulfide) groups is 1. The lowest BCUT2D eigenvalue weighted by molar-refractivity contribution is 0.394. The Morgan fingerprint density at radius 2 is 2.21 bits per heavy atom. The first-order chi connectivity index (χ1) is 9.04. The summed E-state index contributed by atoms with van der Waals surface area (Å²) in [5.41, 5.74) is 1.00. The molecule has 1 saturated heterocycles. The first-order valence-corrected chi connectivity index (χ1v) is 8.82. The normalized spacial score (nSPS) is 19.5. The fourth-order valence-corrected chi connectivity index (χ4v) is 4.93. The van der Waals surface area contributed by atoms with E-state index in [1.54, 1.807) is 43.1 Å². The van der Waals surface area contributed by atoms with Gasteiger partial charge in [-0.1, -0.05) is 18.2 Å². The Labute approximate surface area is 118 Å². The van der Waals surface area contributed by atoms with Crippen LogP contribution in [0.2, 0.25) is 0 Å². The molecule has 6 heteroatoms. The first kappa shape index (κ1) is 14.4. The average Bonchev–Trinajstić information content (AvgIpc) is 2.91. The zero-order valence-electron chi connectivity index (χ0n) is 10.7. The van der Waals surface area contributed by atoms with Crippen LogP contribution in [0.25, 0.3) is 0 Å². The van der Waals surface area contributed by atoms with E-state index in [1.807, 2.05) is 6.07 Å². The Morgan fingerprint density at radius 3 is 2.84 bits per heavy atom. The average molecular weight is 296 g/mol. The van der Waals surface area contributed by atoms with Gasteiger partial charge in [0.25, 0.3) is 0 Å². The largest absolute Gasteiger partial charge is 0.218 e. The number of rotatable bonds is 4. The first-order valence-electron chi connectivity index (χ1n) is 6.06. The summed E-state index contributed by atoms with van der Waals surface area (Å²) in [5, 5.41) is 9.00. The second-order valence-electron chi connectivity index (χ2n) is 4.56. The smallest absolute Gasteiger partial charge is 0.212 e. The van der Waals surface area contributed by atoms with Crippen molar-refractivity contribution in [1.29, 1.82) is 5.26 Å². The SMILES string of the molecule is CN(C1CCSC1)S(=O)(=O)Cc1ccccc1C#N. The van der Waals surface area contributed by atoms with Crippen molar-refractivity contribution in [3.8, 4) is 6.07 Å². The molecule has 0 aliphatic carbocycles. The van der Waals surface area contributed by atoms with Gasteiger partial charge in [0.2, 0.25) is 10.0 Å². The highest BCUT2D eigenvalue weighted by Gasteiger charge is 2.29. The minimum atomic E-state index is -3.36. The molecular formula is C13H16N2O2S2. The molecule has 0 amide bonds. The second kappa shape index (κ2) is 5.95. The van der Waals surface area contributed by atoms with Gasteiger partial charge in [0.05, 0.1) is 17.4 Å². The van der Waals surface area contributed by atoms with E-state index in [9.17, 15) is 8.42 Å². The third-order valence-corrected chi connectivity index (χ3v) is 6.33. The van der Waals surface area contributed by atoms with Crippen molar-refractivity contribution in [2.24, 2.45) is 0 Å². The maximum Gasteiger partial charge on any atom is 0.218 e. The third-order valence-electron chi connectivity index (χ3n) is 3.33. The van der Waals surface area contributed by atoms with E-state index in [0.29, 0.717) is 11.1 Å². The van der Waals surface area contributed by atoms with E-state index in [4.69, 9.17) is 5.26 Å². The molecule has 0 N–H and O–H groups in total. The Morgan fingerprint density at radius 1 is 1.47 bits per heavy atom. The van der Waals surface area contributed by atoms with Crippen molar-refractivity contribution in [3.63, 3.8) is 0 Å². The van der Waals surface area contributed by atoms with Gasteiger partial charge in [-0.05, 0) is 23.8 Å². The summed E-state index contributed by atoms with van der Waals surface area (Å²) < 4.78 is 26.2. The lowest BCUT2D eigenvalue weighted by atomic mass is 10.1. The van der Waals surface area contributed by atoms with Crippen molar-refractivity contribution in [1.82, 2.24) is 4.31 Å². The van der Waals surface area contributed by atoms with Crippen LogP contribution in [-0.2, 0) is 15.8 Å². The molecule has 19 heavy (non-hydrogen) atoms. The van der Waals surface area contributed by atoms with Gasteiger partial charge in [-0.2, -0.15) is 17.0 Å². The number of hydrogen-bond donors (Lipinski definition) is 0. The molecule has 4 nitrogen and oxygen atoms in total. The van der Waals surface area contributed by atoms with Crippen LogP contribution in [0.1, 0.15) is 17.5 Å². The summed E-state index contributed by atoms with van der Waals surface area (Å²) in [6, 6.07) is 8.98. The highest BCUT2D eigenvalue weighted by Crippen LogP contribution is 2.25. The maximum atomic E-state index is 12.4. The van der Waals surface area contributed by atoms with Gasteiger partial charge in [0, 0.05) is 18.8 Å². The number of benzene rings is 1. The number of nitrogens with zero attached hydrogens (tertiary/aromatic N) is 2. The minimum absolute atomic E-state index is 0.0873. The van der Waals surface area contributed by atoms with E-state index in [1.165, 1.54) is 4.31 Å². The summed E-state index contributed by atoms with van der Waals surface area (Å²) in [4.78, 5) is 0. The Balaban J connectivity index is 2.19. The summed E-state index contributed by atoms with van der Waals surface area (Å²) in [7, 11) is -1.72. The van der Waals surface area contributed by atoms with Crippen LogP contribution in [0.5, 0.6) is 0 Å². The minimum Gasteiger partial charge on any atom is -0.212 e. The Kier molecular flexibility index (Phi) is 4.50. The quantitative estimate of drug-likeness (QED) is 0.850. The number of sulfonamides is 1. The van der Waals surface area contributed by atoms with Crippen LogP contribution < -0.4 is 0 Å². The molecular weight excluding hydrogens is 280 g/mol. The number of nitriles is 1. The lowest BCUT2D eigenvalue weighted by Crippen LogP contribution is -2.37.